The number of aromatic amines is 1. The van der Waals surface area contributed by atoms with Crippen molar-refractivity contribution < 1.29 is 4.79 Å². The lowest BCUT2D eigenvalue weighted by Crippen LogP contribution is -2.43. The molecule has 4 aromatic rings. The third-order valence-electron chi connectivity index (χ3n) is 5.79. The molecule has 0 bridgehead atoms. The maximum atomic E-state index is 13.1. The van der Waals surface area contributed by atoms with Crippen molar-refractivity contribution in [3.8, 4) is 11.1 Å². The van der Waals surface area contributed by atoms with Crippen LogP contribution in [-0.2, 0) is 11.2 Å². The molecule has 1 atom stereocenters. The molecule has 1 aliphatic heterocycles. The van der Waals surface area contributed by atoms with Gasteiger partial charge in [-0.25, -0.2) is 4.98 Å². The largest absolute Gasteiger partial charge is 0.373 e. The minimum Gasteiger partial charge on any atom is -0.373 e. The van der Waals surface area contributed by atoms with Crippen molar-refractivity contribution in [2.24, 2.45) is 0 Å². The molecule has 2 aromatic heterocycles. The molecule has 6 heteroatoms. The number of halogens is 1. The van der Waals surface area contributed by atoms with Gasteiger partial charge in [0.1, 0.15) is 11.7 Å². The fourth-order valence-electron chi connectivity index (χ4n) is 4.15. The first-order valence-electron chi connectivity index (χ1n) is 10.1. The van der Waals surface area contributed by atoms with E-state index in [4.69, 9.17) is 11.6 Å². The Hall–Kier alpha value is -3.57. The SMILES string of the molecule is C=C1NC(Cc2ccc(-c3ccnc4[nH]ccc34)cc2)C(=O)N(C)c2ccc(Cl)cc21. The zero-order valence-corrected chi connectivity index (χ0v) is 17.8. The van der Waals surface area contributed by atoms with Crippen LogP contribution in [0.1, 0.15) is 11.1 Å². The summed E-state index contributed by atoms with van der Waals surface area (Å²) in [6.07, 6.45) is 4.26. The van der Waals surface area contributed by atoms with Gasteiger partial charge in [0.05, 0.1) is 5.69 Å². The van der Waals surface area contributed by atoms with E-state index in [0.717, 1.165) is 39.0 Å². The van der Waals surface area contributed by atoms with Crippen LogP contribution in [0.5, 0.6) is 0 Å². The standard InChI is InChI=1S/C25H21ClN4O/c1-15-21-14-18(26)7-8-23(21)30(2)25(31)22(29-15)13-16-3-5-17(6-4-16)19-9-11-27-24-20(19)10-12-28-24/h3-12,14,22,29H,1,13H2,2H3,(H,27,28). The smallest absolute Gasteiger partial charge is 0.249 e. The molecule has 0 aliphatic carbocycles. The number of pyridine rings is 1. The number of carbonyl (C=O) groups excluding carboxylic acids is 1. The third kappa shape index (κ3) is 3.47. The maximum Gasteiger partial charge on any atom is 0.249 e. The molecular formula is C25H21ClN4O. The van der Waals surface area contributed by atoms with Crippen LogP contribution in [0.25, 0.3) is 27.9 Å². The number of likely N-dealkylation sites (N-methyl/N-ethyl adjacent to an activating group) is 1. The summed E-state index contributed by atoms with van der Waals surface area (Å²) in [4.78, 5) is 22.3. The molecule has 0 saturated carbocycles. The van der Waals surface area contributed by atoms with Gasteiger partial charge in [-0.05, 0) is 47.0 Å². The number of fused-ring (bicyclic) bond motifs is 2. The lowest BCUT2D eigenvalue weighted by molar-refractivity contribution is -0.119. The van der Waals surface area contributed by atoms with Crippen LogP contribution in [0.15, 0.2) is 73.6 Å². The Balaban J connectivity index is 1.41. The number of aromatic nitrogens is 2. The lowest BCUT2D eigenvalue weighted by Gasteiger charge is -2.21. The summed E-state index contributed by atoms with van der Waals surface area (Å²) in [7, 11) is 1.79. The number of amides is 1. The molecule has 0 fully saturated rings. The molecule has 0 radical (unpaired) electrons. The molecule has 1 amide bonds. The van der Waals surface area contributed by atoms with Crippen LogP contribution >= 0.6 is 11.6 Å². The fourth-order valence-corrected chi connectivity index (χ4v) is 4.32. The van der Waals surface area contributed by atoms with Crippen molar-refractivity contribution in [2.75, 3.05) is 11.9 Å². The Morgan fingerprint density at radius 3 is 2.71 bits per heavy atom. The topological polar surface area (TPSA) is 61.0 Å². The first kappa shape index (κ1) is 19.4. The predicted molar refractivity (Wildman–Crippen MR) is 126 cm³/mol. The normalized spacial score (nSPS) is 16.2. The van der Waals surface area contributed by atoms with Crippen molar-refractivity contribution >= 4 is 39.9 Å². The monoisotopic (exact) mass is 428 g/mol. The summed E-state index contributed by atoms with van der Waals surface area (Å²) in [5.74, 6) is -0.00513. The molecule has 31 heavy (non-hydrogen) atoms. The van der Waals surface area contributed by atoms with Crippen molar-refractivity contribution in [3.05, 3.63) is 89.7 Å². The number of nitrogens with one attached hydrogen (secondary N) is 2. The number of hydrogen-bond acceptors (Lipinski definition) is 3. The lowest BCUT2D eigenvalue weighted by atomic mass is 9.99. The van der Waals surface area contributed by atoms with Crippen LogP contribution in [0, 0.1) is 0 Å². The molecule has 154 valence electrons. The second kappa shape index (κ2) is 7.60. The van der Waals surface area contributed by atoms with E-state index in [2.05, 4.69) is 46.1 Å². The molecule has 2 aromatic carbocycles. The van der Waals surface area contributed by atoms with E-state index in [1.807, 2.05) is 36.7 Å². The van der Waals surface area contributed by atoms with E-state index in [1.165, 1.54) is 0 Å². The zero-order valence-electron chi connectivity index (χ0n) is 17.0. The number of nitrogens with zero attached hydrogens (tertiary/aromatic N) is 2. The summed E-state index contributed by atoms with van der Waals surface area (Å²) in [6, 6.07) is 17.4. The third-order valence-corrected chi connectivity index (χ3v) is 6.02. The van der Waals surface area contributed by atoms with Gasteiger partial charge in [0.25, 0.3) is 0 Å². The summed E-state index contributed by atoms with van der Waals surface area (Å²) in [5, 5.41) is 5.00. The van der Waals surface area contributed by atoms with Crippen LogP contribution in [0.3, 0.4) is 0 Å². The van der Waals surface area contributed by atoms with E-state index < -0.39 is 6.04 Å². The number of anilines is 1. The Morgan fingerprint density at radius 2 is 1.90 bits per heavy atom. The van der Waals surface area contributed by atoms with Crippen LogP contribution < -0.4 is 10.2 Å². The van der Waals surface area contributed by atoms with Gasteiger partial charge in [-0.15, -0.1) is 0 Å². The summed E-state index contributed by atoms with van der Waals surface area (Å²) in [5.41, 5.74) is 6.52. The Labute approximate surface area is 185 Å². The number of H-pyrrole nitrogens is 1. The molecule has 1 aliphatic rings. The number of carbonyl (C=O) groups is 1. The molecule has 5 nitrogen and oxygen atoms in total. The van der Waals surface area contributed by atoms with E-state index in [1.54, 1.807) is 18.0 Å². The van der Waals surface area contributed by atoms with Crippen molar-refractivity contribution in [1.82, 2.24) is 15.3 Å². The van der Waals surface area contributed by atoms with E-state index in [-0.39, 0.29) is 5.91 Å². The predicted octanol–water partition coefficient (Wildman–Crippen LogP) is 5.03. The average Bonchev–Trinajstić information content (AvgIpc) is 3.24. The Bertz CT molecular complexity index is 1310. The van der Waals surface area contributed by atoms with Crippen LogP contribution in [0.4, 0.5) is 5.69 Å². The number of hydrogen-bond donors (Lipinski definition) is 2. The van der Waals surface area contributed by atoms with Crippen molar-refractivity contribution in [1.29, 1.82) is 0 Å². The van der Waals surface area contributed by atoms with Crippen molar-refractivity contribution in [2.45, 2.75) is 12.5 Å². The molecule has 2 N–H and O–H groups in total. The van der Waals surface area contributed by atoms with Crippen LogP contribution in [-0.4, -0.2) is 29.0 Å². The number of benzene rings is 2. The maximum absolute atomic E-state index is 13.1. The minimum absolute atomic E-state index is 0.00513. The quantitative estimate of drug-likeness (QED) is 0.481. The molecule has 0 saturated heterocycles. The molecular weight excluding hydrogens is 408 g/mol. The molecule has 0 spiro atoms. The summed E-state index contributed by atoms with van der Waals surface area (Å²) in [6.45, 7) is 4.14. The van der Waals surface area contributed by atoms with E-state index >= 15 is 0 Å². The summed E-state index contributed by atoms with van der Waals surface area (Å²) >= 11 is 6.16. The highest BCUT2D eigenvalue weighted by atomic mass is 35.5. The van der Waals surface area contributed by atoms with Gasteiger partial charge in [0.15, 0.2) is 0 Å². The molecule has 1 unspecified atom stereocenters. The Morgan fingerprint density at radius 1 is 1.10 bits per heavy atom. The second-order valence-electron chi connectivity index (χ2n) is 7.73. The minimum atomic E-state index is -0.410. The van der Waals surface area contributed by atoms with Crippen molar-refractivity contribution in [3.63, 3.8) is 0 Å². The van der Waals surface area contributed by atoms with E-state index in [0.29, 0.717) is 17.1 Å². The van der Waals surface area contributed by atoms with Gasteiger partial charge in [0, 0.05) is 47.5 Å². The summed E-state index contributed by atoms with van der Waals surface area (Å²) < 4.78 is 0. The van der Waals surface area contributed by atoms with Gasteiger partial charge in [0.2, 0.25) is 5.91 Å². The zero-order chi connectivity index (χ0) is 21.5. The highest BCUT2D eigenvalue weighted by molar-refractivity contribution is 6.31. The first-order chi connectivity index (χ1) is 15.0. The van der Waals surface area contributed by atoms with E-state index in [9.17, 15) is 4.79 Å². The number of rotatable bonds is 3. The molecule has 5 rings (SSSR count). The van der Waals surface area contributed by atoms with Gasteiger partial charge in [-0.2, -0.15) is 0 Å². The average molecular weight is 429 g/mol. The van der Waals surface area contributed by atoms with Gasteiger partial charge in [-0.3, -0.25) is 4.79 Å². The highest BCUT2D eigenvalue weighted by Gasteiger charge is 2.29. The van der Waals surface area contributed by atoms with Crippen LogP contribution in [0.2, 0.25) is 5.02 Å². The fraction of sp³-hybridized carbons (Fsp3) is 0.120. The van der Waals surface area contributed by atoms with Gasteiger partial charge < -0.3 is 15.2 Å². The van der Waals surface area contributed by atoms with Gasteiger partial charge >= 0.3 is 0 Å². The second-order valence-corrected chi connectivity index (χ2v) is 8.17. The van der Waals surface area contributed by atoms with Gasteiger partial charge in [-0.1, -0.05) is 42.4 Å². The first-order valence-corrected chi connectivity index (χ1v) is 10.4. The highest BCUT2D eigenvalue weighted by Crippen LogP contribution is 2.32. The molecule has 3 heterocycles. The Kier molecular flexibility index (Phi) is 4.75.